The quantitative estimate of drug-likeness (QED) is 0.719. The van der Waals surface area contributed by atoms with Crippen LogP contribution in [-0.4, -0.2) is 21.8 Å². The van der Waals surface area contributed by atoms with Gasteiger partial charge in [-0.1, -0.05) is 24.3 Å². The fourth-order valence-corrected chi connectivity index (χ4v) is 2.31. The summed E-state index contributed by atoms with van der Waals surface area (Å²) in [6.45, 7) is 0.712. The minimum Gasteiger partial charge on any atom is -0.497 e. The van der Waals surface area contributed by atoms with Crippen molar-refractivity contribution < 1.29 is 9.84 Å². The summed E-state index contributed by atoms with van der Waals surface area (Å²) in [5, 5.41) is 9.31. The van der Waals surface area contributed by atoms with Gasteiger partial charge < -0.3 is 20.1 Å². The Morgan fingerprint density at radius 1 is 1.24 bits per heavy atom. The minimum atomic E-state index is -0.930. The van der Waals surface area contributed by atoms with E-state index in [0.29, 0.717) is 12.1 Å². The van der Waals surface area contributed by atoms with Crippen LogP contribution >= 0.6 is 0 Å². The fraction of sp³-hybridized carbons (Fsp3) is 0.188. The highest BCUT2D eigenvalue weighted by atomic mass is 16.5. The van der Waals surface area contributed by atoms with Crippen LogP contribution in [0.5, 0.6) is 5.75 Å². The second-order valence-electron chi connectivity index (χ2n) is 4.91. The molecule has 5 heteroatoms. The van der Waals surface area contributed by atoms with Crippen molar-refractivity contribution in [2.45, 2.75) is 12.8 Å². The third kappa shape index (κ3) is 2.74. The number of benzene rings is 2. The number of hydrogen-bond donors (Lipinski definition) is 2. The summed E-state index contributed by atoms with van der Waals surface area (Å²) in [5.74, 6) is 0.800. The Kier molecular flexibility index (Phi) is 3.60. The number of ether oxygens (including phenoxy) is 1. The molecule has 0 aliphatic carbocycles. The molecule has 3 N–H and O–H groups in total. The van der Waals surface area contributed by atoms with Crippen molar-refractivity contribution in [3.63, 3.8) is 0 Å². The molecule has 1 heterocycles. The van der Waals surface area contributed by atoms with Gasteiger partial charge in [0.25, 0.3) is 0 Å². The Balaban J connectivity index is 1.87. The predicted octanol–water partition coefficient (Wildman–Crippen LogP) is 2.04. The lowest BCUT2D eigenvalue weighted by atomic mass is 10.1. The third-order valence-corrected chi connectivity index (χ3v) is 3.50. The maximum atomic E-state index is 9.31. The molecule has 0 bridgehead atoms. The maximum Gasteiger partial charge on any atom is 0.128 e. The highest BCUT2D eigenvalue weighted by Gasteiger charge is 2.06. The zero-order valence-electron chi connectivity index (χ0n) is 11.7. The van der Waals surface area contributed by atoms with Gasteiger partial charge in [-0.3, -0.25) is 0 Å². The van der Waals surface area contributed by atoms with E-state index in [0.717, 1.165) is 22.3 Å². The molecule has 0 fully saturated rings. The summed E-state index contributed by atoms with van der Waals surface area (Å²) in [5.41, 5.74) is 9.22. The molecular weight excluding hydrogens is 266 g/mol. The maximum absolute atomic E-state index is 9.31. The lowest BCUT2D eigenvalue weighted by molar-refractivity contribution is 0.186. The van der Waals surface area contributed by atoms with E-state index in [1.165, 1.54) is 0 Å². The van der Waals surface area contributed by atoms with E-state index in [1.54, 1.807) is 7.11 Å². The number of imidazole rings is 1. The van der Waals surface area contributed by atoms with E-state index in [-0.39, 0.29) is 0 Å². The number of hydrogen-bond acceptors (Lipinski definition) is 4. The van der Waals surface area contributed by atoms with Gasteiger partial charge in [0, 0.05) is 12.6 Å². The molecule has 0 saturated carbocycles. The van der Waals surface area contributed by atoms with Crippen molar-refractivity contribution >= 4 is 11.0 Å². The third-order valence-electron chi connectivity index (χ3n) is 3.50. The van der Waals surface area contributed by atoms with Gasteiger partial charge in [0.15, 0.2) is 0 Å². The Bertz CT molecular complexity index is 748. The molecule has 108 valence electrons. The van der Waals surface area contributed by atoms with Gasteiger partial charge in [0.1, 0.15) is 12.0 Å². The monoisotopic (exact) mass is 283 g/mol. The zero-order valence-corrected chi connectivity index (χ0v) is 11.7. The van der Waals surface area contributed by atoms with Gasteiger partial charge in [-0.15, -0.1) is 0 Å². The Hall–Kier alpha value is -2.37. The van der Waals surface area contributed by atoms with Gasteiger partial charge in [-0.05, 0) is 23.3 Å². The number of aromatic nitrogens is 2. The van der Waals surface area contributed by atoms with Crippen LogP contribution in [0, 0.1) is 0 Å². The molecular formula is C16H17N3O2. The molecule has 0 radical (unpaired) electrons. The number of aliphatic hydroxyl groups is 1. The lowest BCUT2D eigenvalue weighted by Crippen LogP contribution is -2.08. The van der Waals surface area contributed by atoms with Gasteiger partial charge in [-0.2, -0.15) is 0 Å². The SMILES string of the molecule is COc1ccc2c(c1)ncn2Cc1ccc(C(N)O)cc1. The average molecular weight is 283 g/mol. The first-order valence-electron chi connectivity index (χ1n) is 6.69. The van der Waals surface area contributed by atoms with Crippen LogP contribution in [0.2, 0.25) is 0 Å². The summed E-state index contributed by atoms with van der Waals surface area (Å²) in [7, 11) is 1.64. The molecule has 3 aromatic rings. The molecule has 0 amide bonds. The van der Waals surface area contributed by atoms with Gasteiger partial charge in [0.05, 0.1) is 24.5 Å². The highest BCUT2D eigenvalue weighted by Crippen LogP contribution is 2.20. The molecule has 0 saturated heterocycles. The van der Waals surface area contributed by atoms with Crippen LogP contribution in [0.3, 0.4) is 0 Å². The largest absolute Gasteiger partial charge is 0.497 e. The molecule has 1 atom stereocenters. The summed E-state index contributed by atoms with van der Waals surface area (Å²) < 4.78 is 7.27. The molecule has 1 aromatic heterocycles. The average Bonchev–Trinajstić information content (AvgIpc) is 2.90. The lowest BCUT2D eigenvalue weighted by Gasteiger charge is -2.08. The molecule has 5 nitrogen and oxygen atoms in total. The first kappa shape index (κ1) is 13.6. The summed E-state index contributed by atoms with van der Waals surface area (Å²) in [6.07, 6.45) is 0.885. The summed E-state index contributed by atoms with van der Waals surface area (Å²) in [6, 6.07) is 13.4. The van der Waals surface area contributed by atoms with E-state index in [1.807, 2.05) is 48.8 Å². The minimum absolute atomic E-state index is 0.707. The van der Waals surface area contributed by atoms with Crippen molar-refractivity contribution in [1.82, 2.24) is 9.55 Å². The second-order valence-corrected chi connectivity index (χ2v) is 4.91. The standard InChI is InChI=1S/C16H17N3O2/c1-21-13-6-7-15-14(8-13)18-10-19(15)9-11-2-4-12(5-3-11)16(17)20/h2-8,10,16,20H,9,17H2,1H3. The fourth-order valence-electron chi connectivity index (χ4n) is 2.31. The zero-order chi connectivity index (χ0) is 14.8. The normalized spacial score (nSPS) is 12.5. The van der Waals surface area contributed by atoms with Crippen molar-refractivity contribution in [1.29, 1.82) is 0 Å². The topological polar surface area (TPSA) is 73.3 Å². The van der Waals surface area contributed by atoms with E-state index in [2.05, 4.69) is 9.55 Å². The van der Waals surface area contributed by atoms with Crippen molar-refractivity contribution in [3.05, 3.63) is 59.9 Å². The van der Waals surface area contributed by atoms with E-state index in [4.69, 9.17) is 10.5 Å². The van der Waals surface area contributed by atoms with Crippen LogP contribution in [0.15, 0.2) is 48.8 Å². The molecule has 0 aliphatic heterocycles. The smallest absolute Gasteiger partial charge is 0.128 e. The molecule has 21 heavy (non-hydrogen) atoms. The van der Waals surface area contributed by atoms with Crippen molar-refractivity contribution in [2.75, 3.05) is 7.11 Å². The molecule has 0 aliphatic rings. The predicted molar refractivity (Wildman–Crippen MR) is 81.0 cm³/mol. The highest BCUT2D eigenvalue weighted by molar-refractivity contribution is 5.77. The number of fused-ring (bicyclic) bond motifs is 1. The molecule has 2 aromatic carbocycles. The summed E-state index contributed by atoms with van der Waals surface area (Å²) in [4.78, 5) is 4.39. The first-order valence-corrected chi connectivity index (χ1v) is 6.69. The van der Waals surface area contributed by atoms with Crippen molar-refractivity contribution in [2.24, 2.45) is 5.73 Å². The van der Waals surface area contributed by atoms with Gasteiger partial charge >= 0.3 is 0 Å². The Morgan fingerprint density at radius 2 is 2.00 bits per heavy atom. The van der Waals surface area contributed by atoms with Crippen LogP contribution in [-0.2, 0) is 6.54 Å². The van der Waals surface area contributed by atoms with E-state index in [9.17, 15) is 5.11 Å². The Morgan fingerprint density at radius 3 is 2.67 bits per heavy atom. The second kappa shape index (κ2) is 5.55. The molecule has 1 unspecified atom stereocenters. The van der Waals surface area contributed by atoms with Crippen LogP contribution in [0.25, 0.3) is 11.0 Å². The number of nitrogens with two attached hydrogens (primary N) is 1. The van der Waals surface area contributed by atoms with Crippen molar-refractivity contribution in [3.8, 4) is 5.75 Å². The molecule has 3 rings (SSSR count). The van der Waals surface area contributed by atoms with Gasteiger partial charge in [-0.25, -0.2) is 4.98 Å². The first-order chi connectivity index (χ1) is 10.2. The number of aliphatic hydroxyl groups excluding tert-OH is 1. The number of methoxy groups -OCH3 is 1. The van der Waals surface area contributed by atoms with E-state index >= 15 is 0 Å². The number of nitrogens with zero attached hydrogens (tertiary/aromatic N) is 2. The van der Waals surface area contributed by atoms with Crippen LogP contribution < -0.4 is 10.5 Å². The van der Waals surface area contributed by atoms with Gasteiger partial charge in [0.2, 0.25) is 0 Å². The Labute approximate surface area is 122 Å². The van der Waals surface area contributed by atoms with E-state index < -0.39 is 6.23 Å². The van der Waals surface area contributed by atoms with Crippen LogP contribution in [0.4, 0.5) is 0 Å². The van der Waals surface area contributed by atoms with Crippen LogP contribution in [0.1, 0.15) is 17.4 Å². The number of rotatable bonds is 4. The molecule has 0 spiro atoms. The summed E-state index contributed by atoms with van der Waals surface area (Å²) >= 11 is 0.